The number of nitrogens with one attached hydrogen (secondary N) is 1. The SMILES string of the molecule is CC(C)(C)S(=O)(=O)NC(=O)c1cnn2ccc(N3CCC[C@@H]3c3cc(F)cc4c3OCO4)c(F)c12. The summed E-state index contributed by atoms with van der Waals surface area (Å²) in [6, 6.07) is 3.75. The number of hydrogen-bond donors (Lipinski definition) is 1. The predicted octanol–water partition coefficient (Wildman–Crippen LogP) is 3.54. The molecule has 2 aliphatic rings. The molecule has 2 aromatic heterocycles. The average molecular weight is 507 g/mol. The molecule has 1 aromatic carbocycles. The quantitative estimate of drug-likeness (QED) is 0.578. The number of nitrogens with zero attached hydrogens (tertiary/aromatic N) is 3. The van der Waals surface area contributed by atoms with Gasteiger partial charge in [0.25, 0.3) is 5.91 Å². The molecule has 1 N–H and O–H groups in total. The second kappa shape index (κ2) is 8.08. The van der Waals surface area contributed by atoms with Crippen LogP contribution in [-0.4, -0.2) is 42.0 Å². The van der Waals surface area contributed by atoms with E-state index in [4.69, 9.17) is 9.47 Å². The van der Waals surface area contributed by atoms with Crippen LogP contribution in [0.3, 0.4) is 0 Å². The van der Waals surface area contributed by atoms with Crippen LogP contribution in [0.5, 0.6) is 11.5 Å². The first-order valence-corrected chi connectivity index (χ1v) is 12.5. The second-order valence-corrected chi connectivity index (χ2v) is 11.9. The van der Waals surface area contributed by atoms with Crippen molar-refractivity contribution in [2.75, 3.05) is 18.2 Å². The number of pyridine rings is 1. The van der Waals surface area contributed by atoms with Crippen molar-refractivity contribution in [3.63, 3.8) is 0 Å². The number of rotatable bonds is 4. The lowest BCUT2D eigenvalue weighted by Gasteiger charge is -2.28. The Balaban J connectivity index is 1.55. The van der Waals surface area contributed by atoms with Gasteiger partial charge < -0.3 is 14.4 Å². The van der Waals surface area contributed by atoms with Gasteiger partial charge in [-0.05, 0) is 45.7 Å². The highest BCUT2D eigenvalue weighted by Gasteiger charge is 2.35. The topological polar surface area (TPSA) is 102 Å². The molecule has 0 unspecified atom stereocenters. The number of amides is 1. The van der Waals surface area contributed by atoms with Crippen molar-refractivity contribution in [1.29, 1.82) is 0 Å². The van der Waals surface area contributed by atoms with Gasteiger partial charge in [0.2, 0.25) is 16.8 Å². The van der Waals surface area contributed by atoms with Crippen molar-refractivity contribution in [2.24, 2.45) is 0 Å². The van der Waals surface area contributed by atoms with E-state index >= 15 is 4.39 Å². The molecule has 35 heavy (non-hydrogen) atoms. The summed E-state index contributed by atoms with van der Waals surface area (Å²) in [5.41, 5.74) is 0.372. The minimum absolute atomic E-state index is 0.0232. The van der Waals surface area contributed by atoms with Gasteiger partial charge in [-0.15, -0.1) is 0 Å². The van der Waals surface area contributed by atoms with E-state index < -0.39 is 32.3 Å². The van der Waals surface area contributed by atoms with Crippen LogP contribution >= 0.6 is 0 Å². The minimum Gasteiger partial charge on any atom is -0.453 e. The number of ether oxygens (including phenoxy) is 2. The first-order chi connectivity index (χ1) is 16.5. The molecule has 1 atom stereocenters. The molecular formula is C23H24F2N4O5S. The summed E-state index contributed by atoms with van der Waals surface area (Å²) in [4.78, 5) is 14.6. The van der Waals surface area contributed by atoms with Crippen molar-refractivity contribution in [2.45, 2.75) is 44.4 Å². The van der Waals surface area contributed by atoms with E-state index in [1.54, 1.807) is 4.90 Å². The van der Waals surface area contributed by atoms with Gasteiger partial charge in [0, 0.05) is 24.4 Å². The number of carbonyl (C=O) groups excluding carboxylic acids is 1. The van der Waals surface area contributed by atoms with Crippen LogP contribution in [0.4, 0.5) is 14.5 Å². The van der Waals surface area contributed by atoms with Gasteiger partial charge in [-0.2, -0.15) is 5.10 Å². The second-order valence-electron chi connectivity index (χ2n) is 9.49. The third kappa shape index (κ3) is 3.85. The Kier molecular flexibility index (Phi) is 5.38. The largest absolute Gasteiger partial charge is 0.453 e. The number of sulfonamides is 1. The Labute approximate surface area is 200 Å². The Morgan fingerprint density at radius 1 is 1.23 bits per heavy atom. The standard InChI is InChI=1S/C23H24F2N4O5S/c1-23(2,3)35(31,32)27-22(30)15-11-26-29-8-6-17(19(25)20(15)29)28-7-4-5-16(28)14-9-13(24)10-18-21(14)34-12-33-18/h6,8-11,16H,4-5,7,12H2,1-3H3,(H,27,30)/t16-/m1/s1. The number of carbonyl (C=O) groups is 1. The van der Waals surface area contributed by atoms with Gasteiger partial charge in [-0.25, -0.2) is 26.4 Å². The van der Waals surface area contributed by atoms with Crippen molar-refractivity contribution in [3.8, 4) is 11.5 Å². The van der Waals surface area contributed by atoms with E-state index in [2.05, 4.69) is 5.10 Å². The molecule has 0 spiro atoms. The monoisotopic (exact) mass is 506 g/mol. The smallest absolute Gasteiger partial charge is 0.268 e. The van der Waals surface area contributed by atoms with E-state index in [1.165, 1.54) is 49.7 Å². The average Bonchev–Trinajstić information content (AvgIpc) is 3.51. The summed E-state index contributed by atoms with van der Waals surface area (Å²) >= 11 is 0. The summed E-state index contributed by atoms with van der Waals surface area (Å²) in [5.74, 6) is -1.46. The number of halogens is 2. The summed E-state index contributed by atoms with van der Waals surface area (Å²) in [6.45, 7) is 4.80. The summed E-state index contributed by atoms with van der Waals surface area (Å²) in [7, 11) is -4.02. The van der Waals surface area contributed by atoms with Crippen LogP contribution in [0.2, 0.25) is 0 Å². The van der Waals surface area contributed by atoms with Gasteiger partial charge in [-0.1, -0.05) is 0 Å². The lowest BCUT2D eigenvalue weighted by molar-refractivity contribution is 0.0982. The Bertz CT molecular complexity index is 1450. The summed E-state index contributed by atoms with van der Waals surface area (Å²) in [5, 5.41) is 4.01. The summed E-state index contributed by atoms with van der Waals surface area (Å²) in [6.07, 6.45) is 3.97. The van der Waals surface area contributed by atoms with E-state index in [-0.39, 0.29) is 29.6 Å². The first kappa shape index (κ1) is 23.3. The molecule has 1 fully saturated rings. The number of anilines is 1. The minimum atomic E-state index is -4.02. The molecule has 0 saturated carbocycles. The maximum absolute atomic E-state index is 15.9. The van der Waals surface area contributed by atoms with Gasteiger partial charge in [0.1, 0.15) is 11.3 Å². The maximum Gasteiger partial charge on any atom is 0.268 e. The van der Waals surface area contributed by atoms with Crippen molar-refractivity contribution in [1.82, 2.24) is 14.3 Å². The number of fused-ring (bicyclic) bond motifs is 2. The molecule has 9 nitrogen and oxygen atoms in total. The molecule has 0 radical (unpaired) electrons. The Hall–Kier alpha value is -3.41. The number of benzene rings is 1. The molecule has 1 saturated heterocycles. The molecule has 1 amide bonds. The van der Waals surface area contributed by atoms with Crippen LogP contribution in [0.1, 0.15) is 55.6 Å². The van der Waals surface area contributed by atoms with Crippen molar-refractivity contribution >= 4 is 27.1 Å². The fraction of sp³-hybridized carbons (Fsp3) is 0.391. The van der Waals surface area contributed by atoms with Crippen LogP contribution in [0.25, 0.3) is 5.52 Å². The number of hydrogen-bond acceptors (Lipinski definition) is 7. The molecule has 12 heteroatoms. The van der Waals surface area contributed by atoms with E-state index in [9.17, 15) is 17.6 Å². The fourth-order valence-corrected chi connectivity index (χ4v) is 5.04. The zero-order chi connectivity index (χ0) is 25.1. The molecule has 186 valence electrons. The van der Waals surface area contributed by atoms with E-state index in [0.717, 1.165) is 12.6 Å². The van der Waals surface area contributed by atoms with E-state index in [0.29, 0.717) is 30.0 Å². The lowest BCUT2D eigenvalue weighted by Crippen LogP contribution is -2.42. The van der Waals surface area contributed by atoms with Crippen LogP contribution < -0.4 is 19.1 Å². The molecule has 2 aliphatic heterocycles. The Morgan fingerprint density at radius 3 is 2.74 bits per heavy atom. The molecule has 4 heterocycles. The van der Waals surface area contributed by atoms with Gasteiger partial charge in [0.15, 0.2) is 17.3 Å². The van der Waals surface area contributed by atoms with Gasteiger partial charge in [0.05, 0.1) is 28.2 Å². The summed E-state index contributed by atoms with van der Waals surface area (Å²) < 4.78 is 68.0. The molecular weight excluding hydrogens is 482 g/mol. The van der Waals surface area contributed by atoms with Gasteiger partial charge in [-0.3, -0.25) is 4.79 Å². The zero-order valence-electron chi connectivity index (χ0n) is 19.3. The number of aromatic nitrogens is 2. The predicted molar refractivity (Wildman–Crippen MR) is 123 cm³/mol. The third-order valence-electron chi connectivity index (χ3n) is 6.27. The molecule has 0 bridgehead atoms. The van der Waals surface area contributed by atoms with Crippen LogP contribution in [0, 0.1) is 11.6 Å². The van der Waals surface area contributed by atoms with Crippen molar-refractivity contribution in [3.05, 3.63) is 53.4 Å². The first-order valence-electron chi connectivity index (χ1n) is 11.1. The molecule has 0 aliphatic carbocycles. The normalized spacial score (nSPS) is 17.9. The highest BCUT2D eigenvalue weighted by atomic mass is 32.2. The zero-order valence-corrected chi connectivity index (χ0v) is 20.2. The van der Waals surface area contributed by atoms with Crippen molar-refractivity contribution < 1.29 is 31.5 Å². The highest BCUT2D eigenvalue weighted by molar-refractivity contribution is 7.91. The highest BCUT2D eigenvalue weighted by Crippen LogP contribution is 2.46. The molecule has 5 rings (SSSR count). The Morgan fingerprint density at radius 2 is 2.00 bits per heavy atom. The maximum atomic E-state index is 15.9. The fourth-order valence-electron chi connectivity index (χ4n) is 4.38. The lowest BCUT2D eigenvalue weighted by atomic mass is 10.0. The third-order valence-corrected chi connectivity index (χ3v) is 8.33. The van der Waals surface area contributed by atoms with Gasteiger partial charge >= 0.3 is 0 Å². The van der Waals surface area contributed by atoms with Crippen LogP contribution in [-0.2, 0) is 10.0 Å². The van der Waals surface area contributed by atoms with Crippen LogP contribution in [0.15, 0.2) is 30.6 Å². The van der Waals surface area contributed by atoms with E-state index in [1.807, 2.05) is 4.72 Å². The molecule has 3 aromatic rings.